The van der Waals surface area contributed by atoms with E-state index in [9.17, 15) is 4.79 Å². The molecule has 29 heavy (non-hydrogen) atoms. The number of carbonyl (C=O) groups is 1. The summed E-state index contributed by atoms with van der Waals surface area (Å²) in [6.07, 6.45) is 3.13. The van der Waals surface area contributed by atoms with Crippen LogP contribution < -0.4 is 14.8 Å². The normalized spacial score (nSPS) is 10.5. The van der Waals surface area contributed by atoms with Crippen LogP contribution in [0.25, 0.3) is 17.3 Å². The van der Waals surface area contributed by atoms with Crippen molar-refractivity contribution >= 4 is 11.6 Å². The minimum atomic E-state index is -0.306. The number of anilines is 1. The highest BCUT2D eigenvalue weighted by Gasteiger charge is 2.15. The van der Waals surface area contributed by atoms with Crippen LogP contribution in [0.5, 0.6) is 11.5 Å². The molecule has 2 aromatic carbocycles. The fraction of sp³-hybridized carbons (Fsp3) is 0.0952. The molecule has 0 unspecified atom stereocenters. The molecule has 0 fully saturated rings. The van der Waals surface area contributed by atoms with Gasteiger partial charge in [-0.2, -0.15) is 0 Å². The van der Waals surface area contributed by atoms with Gasteiger partial charge in [-0.05, 0) is 36.4 Å². The summed E-state index contributed by atoms with van der Waals surface area (Å²) in [5.74, 6) is 1.89. The summed E-state index contributed by atoms with van der Waals surface area (Å²) in [5.41, 5.74) is 1.27. The molecular formula is C21H18N4O4. The summed E-state index contributed by atoms with van der Waals surface area (Å²) < 4.78 is 18.2. The molecule has 8 nitrogen and oxygen atoms in total. The zero-order valence-corrected chi connectivity index (χ0v) is 15.6. The largest absolute Gasteiger partial charge is 0.495 e. The van der Waals surface area contributed by atoms with Crippen molar-refractivity contribution in [1.29, 1.82) is 0 Å². The third-order valence-corrected chi connectivity index (χ3v) is 4.15. The molecule has 0 aliphatic carbocycles. The maximum absolute atomic E-state index is 12.4. The number of nitrogens with one attached hydrogen (secondary N) is 1. The molecule has 4 rings (SSSR count). The first-order valence-corrected chi connectivity index (χ1v) is 8.85. The van der Waals surface area contributed by atoms with Gasteiger partial charge in [-0.1, -0.05) is 24.3 Å². The Bertz CT molecular complexity index is 1110. The fourth-order valence-electron chi connectivity index (χ4n) is 2.84. The van der Waals surface area contributed by atoms with Gasteiger partial charge in [0.2, 0.25) is 5.82 Å². The van der Waals surface area contributed by atoms with E-state index in [0.717, 1.165) is 0 Å². The van der Waals surface area contributed by atoms with E-state index in [0.29, 0.717) is 34.5 Å². The van der Waals surface area contributed by atoms with Gasteiger partial charge < -0.3 is 19.2 Å². The number of carbonyl (C=O) groups excluding carboxylic acids is 1. The van der Waals surface area contributed by atoms with Crippen LogP contribution in [-0.2, 0) is 4.79 Å². The van der Waals surface area contributed by atoms with E-state index < -0.39 is 0 Å². The summed E-state index contributed by atoms with van der Waals surface area (Å²) >= 11 is 0. The predicted octanol–water partition coefficient (Wildman–Crippen LogP) is 3.55. The molecule has 146 valence electrons. The highest BCUT2D eigenvalue weighted by Crippen LogP contribution is 2.28. The minimum Gasteiger partial charge on any atom is -0.495 e. The topological polar surface area (TPSA) is 91.4 Å². The SMILES string of the molecule is COc1ccccc1NC(=O)COc1ccccc1-n1cnnc1-c1ccco1. The Morgan fingerprint density at radius 1 is 1.07 bits per heavy atom. The summed E-state index contributed by atoms with van der Waals surface area (Å²) in [6, 6.07) is 18.1. The number of methoxy groups -OCH3 is 1. The molecule has 0 saturated carbocycles. The van der Waals surface area contributed by atoms with E-state index in [4.69, 9.17) is 13.9 Å². The lowest BCUT2D eigenvalue weighted by atomic mass is 10.2. The molecule has 0 saturated heterocycles. The second-order valence-electron chi connectivity index (χ2n) is 6.01. The maximum Gasteiger partial charge on any atom is 0.262 e. The highest BCUT2D eigenvalue weighted by atomic mass is 16.5. The summed E-state index contributed by atoms with van der Waals surface area (Å²) in [6.45, 7) is -0.173. The van der Waals surface area contributed by atoms with Crippen molar-refractivity contribution in [3.8, 4) is 28.8 Å². The molecule has 0 spiro atoms. The number of hydrogen-bond acceptors (Lipinski definition) is 6. The average Bonchev–Trinajstić information content (AvgIpc) is 3.44. The van der Waals surface area contributed by atoms with Gasteiger partial charge in [0.05, 0.1) is 24.7 Å². The number of aromatic nitrogens is 3. The Morgan fingerprint density at radius 3 is 2.66 bits per heavy atom. The van der Waals surface area contributed by atoms with E-state index in [1.807, 2.05) is 30.3 Å². The first-order chi connectivity index (χ1) is 14.3. The Morgan fingerprint density at radius 2 is 1.86 bits per heavy atom. The first-order valence-electron chi connectivity index (χ1n) is 8.85. The van der Waals surface area contributed by atoms with Crippen LogP contribution in [0.4, 0.5) is 5.69 Å². The summed E-state index contributed by atoms with van der Waals surface area (Å²) in [7, 11) is 1.55. The van der Waals surface area contributed by atoms with Crippen molar-refractivity contribution in [3.63, 3.8) is 0 Å². The molecule has 0 aliphatic heterocycles. The standard InChI is InChI=1S/C21H18N4O4/c1-27-17-9-4-2-7-15(17)23-20(26)13-29-18-10-5-3-8-16(18)25-14-22-24-21(25)19-11-6-12-28-19/h2-12,14H,13H2,1H3,(H,23,26). The van der Waals surface area contributed by atoms with Crippen LogP contribution >= 0.6 is 0 Å². The van der Waals surface area contributed by atoms with Crippen molar-refractivity contribution in [2.75, 3.05) is 19.0 Å². The van der Waals surface area contributed by atoms with Crippen molar-refractivity contribution in [1.82, 2.24) is 14.8 Å². The number of furan rings is 1. The molecular weight excluding hydrogens is 372 g/mol. The Kier molecular flexibility index (Phi) is 5.24. The Labute approximate surface area is 166 Å². The fourth-order valence-corrected chi connectivity index (χ4v) is 2.84. The third-order valence-electron chi connectivity index (χ3n) is 4.15. The van der Waals surface area contributed by atoms with Crippen LogP contribution in [-0.4, -0.2) is 34.4 Å². The number of amides is 1. The smallest absolute Gasteiger partial charge is 0.262 e. The average molecular weight is 390 g/mol. The van der Waals surface area contributed by atoms with Gasteiger partial charge in [0.1, 0.15) is 17.8 Å². The number of hydrogen-bond donors (Lipinski definition) is 1. The van der Waals surface area contributed by atoms with Gasteiger partial charge in [-0.15, -0.1) is 10.2 Å². The molecule has 0 bridgehead atoms. The Balaban J connectivity index is 1.51. The zero-order valence-electron chi connectivity index (χ0n) is 15.6. The molecule has 1 amide bonds. The second-order valence-corrected chi connectivity index (χ2v) is 6.01. The van der Waals surface area contributed by atoms with E-state index in [-0.39, 0.29) is 12.5 Å². The Hall–Kier alpha value is -4.07. The van der Waals surface area contributed by atoms with Crippen LogP contribution in [0.3, 0.4) is 0 Å². The minimum absolute atomic E-state index is 0.173. The van der Waals surface area contributed by atoms with Crippen LogP contribution in [0.15, 0.2) is 77.7 Å². The van der Waals surface area contributed by atoms with Crippen molar-refractivity contribution in [2.45, 2.75) is 0 Å². The van der Waals surface area contributed by atoms with E-state index in [1.54, 1.807) is 54.6 Å². The number of rotatable bonds is 7. The lowest BCUT2D eigenvalue weighted by Crippen LogP contribution is -2.21. The van der Waals surface area contributed by atoms with Gasteiger partial charge in [0.15, 0.2) is 12.4 Å². The summed E-state index contributed by atoms with van der Waals surface area (Å²) in [5, 5.41) is 10.9. The number of ether oxygens (including phenoxy) is 2. The van der Waals surface area contributed by atoms with Crippen molar-refractivity contribution in [2.24, 2.45) is 0 Å². The van der Waals surface area contributed by atoms with Crippen molar-refractivity contribution < 1.29 is 18.7 Å². The molecule has 0 radical (unpaired) electrons. The van der Waals surface area contributed by atoms with Gasteiger partial charge in [0.25, 0.3) is 5.91 Å². The third kappa shape index (κ3) is 3.96. The lowest BCUT2D eigenvalue weighted by Gasteiger charge is -2.13. The van der Waals surface area contributed by atoms with E-state index >= 15 is 0 Å². The van der Waals surface area contributed by atoms with E-state index in [2.05, 4.69) is 15.5 Å². The molecule has 1 N–H and O–H groups in total. The molecule has 2 aromatic heterocycles. The molecule has 0 atom stereocenters. The van der Waals surface area contributed by atoms with Gasteiger partial charge in [-0.25, -0.2) is 0 Å². The summed E-state index contributed by atoms with van der Waals surface area (Å²) in [4.78, 5) is 12.4. The molecule has 2 heterocycles. The van der Waals surface area contributed by atoms with Gasteiger partial charge in [0, 0.05) is 0 Å². The predicted molar refractivity (Wildman–Crippen MR) is 106 cm³/mol. The van der Waals surface area contributed by atoms with Crippen molar-refractivity contribution in [3.05, 3.63) is 73.3 Å². The number of para-hydroxylation sites is 4. The first kappa shape index (κ1) is 18.3. The lowest BCUT2D eigenvalue weighted by molar-refractivity contribution is -0.118. The molecule has 8 heteroatoms. The quantitative estimate of drug-likeness (QED) is 0.519. The van der Waals surface area contributed by atoms with Crippen LogP contribution in [0.2, 0.25) is 0 Å². The number of nitrogens with zero attached hydrogens (tertiary/aromatic N) is 3. The van der Waals surface area contributed by atoms with E-state index in [1.165, 1.54) is 0 Å². The maximum atomic E-state index is 12.4. The second kappa shape index (κ2) is 8.30. The zero-order chi connectivity index (χ0) is 20.1. The highest BCUT2D eigenvalue weighted by molar-refractivity contribution is 5.93. The van der Waals surface area contributed by atoms with Gasteiger partial charge >= 0.3 is 0 Å². The number of benzene rings is 2. The van der Waals surface area contributed by atoms with Gasteiger partial charge in [-0.3, -0.25) is 9.36 Å². The molecule has 0 aliphatic rings. The molecule has 4 aromatic rings. The van der Waals surface area contributed by atoms with Crippen LogP contribution in [0.1, 0.15) is 0 Å². The van der Waals surface area contributed by atoms with Crippen LogP contribution in [0, 0.1) is 0 Å². The monoisotopic (exact) mass is 390 g/mol.